The topological polar surface area (TPSA) is 40.5 Å². The molecule has 0 saturated heterocycles. The fourth-order valence-corrected chi connectivity index (χ4v) is 2.78. The van der Waals surface area contributed by atoms with E-state index in [0.717, 1.165) is 16.3 Å². The molecule has 0 atom stereocenters. The summed E-state index contributed by atoms with van der Waals surface area (Å²) in [4.78, 5) is 13.7. The van der Waals surface area contributed by atoms with Gasteiger partial charge in [0, 0.05) is 30.5 Å². The SMILES string of the molecule is CCN(CCCO)C(=O)CSCc1cccc(Cl)c1. The minimum absolute atomic E-state index is 0.124. The molecule has 5 heteroatoms. The molecule has 1 N–H and O–H groups in total. The maximum Gasteiger partial charge on any atom is 0.232 e. The Morgan fingerprint density at radius 2 is 2.26 bits per heavy atom. The van der Waals surface area contributed by atoms with E-state index in [1.54, 1.807) is 16.7 Å². The van der Waals surface area contributed by atoms with Gasteiger partial charge in [-0.1, -0.05) is 23.7 Å². The van der Waals surface area contributed by atoms with Crippen LogP contribution in [0.4, 0.5) is 0 Å². The lowest BCUT2D eigenvalue weighted by molar-refractivity contribution is -0.128. The van der Waals surface area contributed by atoms with Crippen LogP contribution in [0.3, 0.4) is 0 Å². The molecule has 0 aliphatic heterocycles. The number of benzene rings is 1. The number of aliphatic hydroxyl groups excluding tert-OH is 1. The van der Waals surface area contributed by atoms with Crippen molar-refractivity contribution in [1.29, 1.82) is 0 Å². The molecule has 0 aromatic heterocycles. The van der Waals surface area contributed by atoms with E-state index >= 15 is 0 Å². The molecule has 0 spiro atoms. The van der Waals surface area contributed by atoms with E-state index in [1.165, 1.54) is 0 Å². The van der Waals surface area contributed by atoms with Crippen LogP contribution < -0.4 is 0 Å². The second-order valence-electron chi connectivity index (χ2n) is 4.17. The third kappa shape index (κ3) is 6.32. The second-order valence-corrected chi connectivity index (χ2v) is 5.60. The van der Waals surface area contributed by atoms with Gasteiger partial charge in [-0.05, 0) is 31.0 Å². The minimum Gasteiger partial charge on any atom is -0.396 e. The van der Waals surface area contributed by atoms with E-state index in [9.17, 15) is 4.79 Å². The highest BCUT2D eigenvalue weighted by molar-refractivity contribution is 7.99. The summed E-state index contributed by atoms with van der Waals surface area (Å²) in [6.45, 7) is 3.40. The summed E-state index contributed by atoms with van der Waals surface area (Å²) in [6, 6.07) is 7.68. The Hall–Kier alpha value is -0.710. The summed E-state index contributed by atoms with van der Waals surface area (Å²) in [6.07, 6.45) is 0.637. The standard InChI is InChI=1S/C14H20ClNO2S/c1-2-16(7-4-8-17)14(18)11-19-10-12-5-3-6-13(15)9-12/h3,5-6,9,17H,2,4,7-8,10-11H2,1H3. The van der Waals surface area contributed by atoms with Gasteiger partial charge in [-0.15, -0.1) is 11.8 Å². The van der Waals surface area contributed by atoms with E-state index in [0.29, 0.717) is 25.3 Å². The lowest BCUT2D eigenvalue weighted by atomic mass is 10.2. The zero-order valence-corrected chi connectivity index (χ0v) is 12.7. The van der Waals surface area contributed by atoms with Gasteiger partial charge in [-0.2, -0.15) is 0 Å². The third-order valence-corrected chi connectivity index (χ3v) is 3.93. The third-order valence-electron chi connectivity index (χ3n) is 2.70. The normalized spacial score (nSPS) is 10.5. The molecule has 0 aliphatic carbocycles. The lowest BCUT2D eigenvalue weighted by Gasteiger charge is -2.20. The summed E-state index contributed by atoms with van der Waals surface area (Å²) >= 11 is 7.50. The van der Waals surface area contributed by atoms with Crippen molar-refractivity contribution in [3.05, 3.63) is 34.9 Å². The first-order chi connectivity index (χ1) is 9.17. The van der Waals surface area contributed by atoms with Crippen LogP contribution in [0.25, 0.3) is 0 Å². The predicted molar refractivity (Wildman–Crippen MR) is 81.6 cm³/mol. The molecule has 106 valence electrons. The number of rotatable bonds is 8. The molecular weight excluding hydrogens is 282 g/mol. The van der Waals surface area contributed by atoms with E-state index in [4.69, 9.17) is 16.7 Å². The highest BCUT2D eigenvalue weighted by Gasteiger charge is 2.10. The Bertz CT molecular complexity index is 401. The smallest absolute Gasteiger partial charge is 0.232 e. The average molecular weight is 302 g/mol. The monoisotopic (exact) mass is 301 g/mol. The molecule has 0 bridgehead atoms. The van der Waals surface area contributed by atoms with E-state index in [1.807, 2.05) is 31.2 Å². The molecule has 1 aromatic carbocycles. The van der Waals surface area contributed by atoms with Crippen LogP contribution in [0, 0.1) is 0 Å². The Morgan fingerprint density at radius 1 is 1.47 bits per heavy atom. The maximum atomic E-state index is 11.9. The fraction of sp³-hybridized carbons (Fsp3) is 0.500. The van der Waals surface area contributed by atoms with Crippen LogP contribution in [0.5, 0.6) is 0 Å². The summed E-state index contributed by atoms with van der Waals surface area (Å²) in [5.41, 5.74) is 1.13. The van der Waals surface area contributed by atoms with Crippen molar-refractivity contribution in [2.45, 2.75) is 19.1 Å². The van der Waals surface area contributed by atoms with Gasteiger partial charge < -0.3 is 10.0 Å². The van der Waals surface area contributed by atoms with Crippen LogP contribution in [0.15, 0.2) is 24.3 Å². The summed E-state index contributed by atoms with van der Waals surface area (Å²) in [5, 5.41) is 9.51. The second kappa shape index (κ2) is 9.23. The van der Waals surface area contributed by atoms with Crippen LogP contribution in [0.1, 0.15) is 18.9 Å². The van der Waals surface area contributed by atoms with Gasteiger partial charge in [0.05, 0.1) is 5.75 Å². The summed E-state index contributed by atoms with van der Waals surface area (Å²) in [5.74, 6) is 1.37. The Kier molecular flexibility index (Phi) is 7.94. The van der Waals surface area contributed by atoms with Crippen LogP contribution >= 0.6 is 23.4 Å². The molecule has 1 rings (SSSR count). The van der Waals surface area contributed by atoms with Crippen molar-refractivity contribution < 1.29 is 9.90 Å². The van der Waals surface area contributed by atoms with Crippen LogP contribution in [-0.2, 0) is 10.5 Å². The minimum atomic E-state index is 0.124. The van der Waals surface area contributed by atoms with Crippen LogP contribution in [-0.4, -0.2) is 41.4 Å². The van der Waals surface area contributed by atoms with Crippen LogP contribution in [0.2, 0.25) is 5.02 Å². The highest BCUT2D eigenvalue weighted by atomic mass is 35.5. The summed E-state index contributed by atoms with van der Waals surface area (Å²) in [7, 11) is 0. The van der Waals surface area contributed by atoms with Crippen molar-refractivity contribution in [2.24, 2.45) is 0 Å². The molecule has 0 aliphatic rings. The number of thioether (sulfide) groups is 1. The molecule has 0 unspecified atom stereocenters. The molecule has 0 saturated carbocycles. The quantitative estimate of drug-likeness (QED) is 0.803. The number of aliphatic hydroxyl groups is 1. The molecule has 0 fully saturated rings. The van der Waals surface area contributed by atoms with Crippen molar-refractivity contribution >= 4 is 29.3 Å². The van der Waals surface area contributed by atoms with Crippen molar-refractivity contribution in [3.63, 3.8) is 0 Å². The average Bonchev–Trinajstić information content (AvgIpc) is 2.39. The molecule has 19 heavy (non-hydrogen) atoms. The van der Waals surface area contributed by atoms with Crippen molar-refractivity contribution in [3.8, 4) is 0 Å². The number of nitrogens with zero attached hydrogens (tertiary/aromatic N) is 1. The van der Waals surface area contributed by atoms with E-state index in [-0.39, 0.29) is 12.5 Å². The highest BCUT2D eigenvalue weighted by Crippen LogP contribution is 2.16. The molecule has 0 radical (unpaired) electrons. The van der Waals surface area contributed by atoms with Gasteiger partial charge in [-0.25, -0.2) is 0 Å². The van der Waals surface area contributed by atoms with Crippen molar-refractivity contribution in [2.75, 3.05) is 25.4 Å². The zero-order valence-electron chi connectivity index (χ0n) is 11.1. The number of carbonyl (C=O) groups excluding carboxylic acids is 1. The molecule has 1 amide bonds. The molecular formula is C14H20ClNO2S. The zero-order chi connectivity index (χ0) is 14.1. The largest absolute Gasteiger partial charge is 0.396 e. The van der Waals surface area contributed by atoms with Gasteiger partial charge in [0.2, 0.25) is 5.91 Å². The van der Waals surface area contributed by atoms with Crippen molar-refractivity contribution in [1.82, 2.24) is 4.90 Å². The van der Waals surface area contributed by atoms with Gasteiger partial charge in [0.1, 0.15) is 0 Å². The predicted octanol–water partition coefficient (Wildman–Crippen LogP) is 2.80. The maximum absolute atomic E-state index is 11.9. The fourth-order valence-electron chi connectivity index (χ4n) is 1.69. The number of amides is 1. The number of hydrogen-bond donors (Lipinski definition) is 1. The first-order valence-electron chi connectivity index (χ1n) is 6.38. The summed E-state index contributed by atoms with van der Waals surface area (Å²) < 4.78 is 0. The van der Waals surface area contributed by atoms with Gasteiger partial charge in [-0.3, -0.25) is 4.79 Å². The first-order valence-corrected chi connectivity index (χ1v) is 7.91. The number of carbonyl (C=O) groups is 1. The first kappa shape index (κ1) is 16.3. The Balaban J connectivity index is 2.33. The molecule has 0 heterocycles. The Labute approximate surface area is 123 Å². The Morgan fingerprint density at radius 3 is 2.89 bits per heavy atom. The van der Waals surface area contributed by atoms with E-state index in [2.05, 4.69) is 0 Å². The molecule has 3 nitrogen and oxygen atoms in total. The lowest BCUT2D eigenvalue weighted by Crippen LogP contribution is -2.33. The molecule has 1 aromatic rings. The van der Waals surface area contributed by atoms with Gasteiger partial charge in [0.15, 0.2) is 0 Å². The van der Waals surface area contributed by atoms with Gasteiger partial charge in [0.25, 0.3) is 0 Å². The van der Waals surface area contributed by atoms with Gasteiger partial charge >= 0.3 is 0 Å². The van der Waals surface area contributed by atoms with E-state index < -0.39 is 0 Å². The number of hydrogen-bond acceptors (Lipinski definition) is 3. The number of halogens is 1.